The number of fused-ring (bicyclic) bond motifs is 2. The SMILES string of the molecule is COc1ccc(F)c(C(=O)N2C3CCCCC2CC3)n1.Cl. The van der Waals surface area contributed by atoms with E-state index in [1.807, 2.05) is 4.90 Å². The van der Waals surface area contributed by atoms with Gasteiger partial charge in [-0.05, 0) is 31.7 Å². The second-order valence-corrected chi connectivity index (χ2v) is 5.57. The molecule has 1 amide bonds. The summed E-state index contributed by atoms with van der Waals surface area (Å²) in [5, 5.41) is 0. The molecule has 2 atom stereocenters. The van der Waals surface area contributed by atoms with Crippen LogP contribution in [0.4, 0.5) is 4.39 Å². The summed E-state index contributed by atoms with van der Waals surface area (Å²) in [4.78, 5) is 18.5. The van der Waals surface area contributed by atoms with Gasteiger partial charge in [0.25, 0.3) is 5.91 Å². The lowest BCUT2D eigenvalue weighted by Gasteiger charge is -2.28. The Labute approximate surface area is 130 Å². The van der Waals surface area contributed by atoms with E-state index in [4.69, 9.17) is 4.74 Å². The number of pyridine rings is 1. The standard InChI is InChI=1S/C15H19FN2O2.ClH/c1-20-13-9-8-12(16)14(17-13)15(19)18-10-4-2-3-5-11(18)7-6-10;/h8-11H,2-7H2,1H3;1H. The minimum Gasteiger partial charge on any atom is -0.481 e. The Morgan fingerprint density at radius 2 is 1.86 bits per heavy atom. The first-order valence-electron chi connectivity index (χ1n) is 7.24. The summed E-state index contributed by atoms with van der Waals surface area (Å²) >= 11 is 0. The van der Waals surface area contributed by atoms with Crippen LogP contribution in [-0.2, 0) is 0 Å². The van der Waals surface area contributed by atoms with Gasteiger partial charge in [-0.25, -0.2) is 9.37 Å². The Kier molecular flexibility index (Phi) is 5.04. The van der Waals surface area contributed by atoms with Crippen molar-refractivity contribution in [2.75, 3.05) is 7.11 Å². The smallest absolute Gasteiger partial charge is 0.276 e. The average molecular weight is 315 g/mol. The van der Waals surface area contributed by atoms with Crippen molar-refractivity contribution >= 4 is 18.3 Å². The third-order valence-corrected chi connectivity index (χ3v) is 4.41. The van der Waals surface area contributed by atoms with E-state index in [2.05, 4.69) is 4.98 Å². The van der Waals surface area contributed by atoms with E-state index in [-0.39, 0.29) is 42.0 Å². The number of ether oxygens (including phenoxy) is 1. The molecule has 2 bridgehead atoms. The van der Waals surface area contributed by atoms with Crippen molar-refractivity contribution in [2.24, 2.45) is 0 Å². The first-order valence-corrected chi connectivity index (χ1v) is 7.24. The van der Waals surface area contributed by atoms with Crippen LogP contribution in [0.15, 0.2) is 12.1 Å². The first kappa shape index (κ1) is 16.0. The highest BCUT2D eigenvalue weighted by atomic mass is 35.5. The number of amides is 1. The van der Waals surface area contributed by atoms with E-state index < -0.39 is 5.82 Å². The van der Waals surface area contributed by atoms with Crippen molar-refractivity contribution < 1.29 is 13.9 Å². The Balaban J connectivity index is 0.00000161. The molecule has 2 saturated heterocycles. The number of nitrogens with zero attached hydrogens (tertiary/aromatic N) is 2. The molecule has 1 aromatic rings. The molecule has 0 saturated carbocycles. The maximum atomic E-state index is 13.9. The van der Waals surface area contributed by atoms with Gasteiger partial charge in [0.15, 0.2) is 11.5 Å². The highest BCUT2D eigenvalue weighted by Crippen LogP contribution is 2.35. The Bertz CT molecular complexity index is 512. The molecule has 6 heteroatoms. The minimum absolute atomic E-state index is 0. The topological polar surface area (TPSA) is 42.4 Å². The molecule has 2 unspecified atom stereocenters. The fraction of sp³-hybridized carbons (Fsp3) is 0.600. The molecule has 0 aromatic carbocycles. The highest BCUT2D eigenvalue weighted by Gasteiger charge is 2.39. The summed E-state index contributed by atoms with van der Waals surface area (Å²) in [6.45, 7) is 0. The van der Waals surface area contributed by atoms with Crippen LogP contribution in [0.2, 0.25) is 0 Å². The predicted octanol–water partition coefficient (Wildman–Crippen LogP) is 3.20. The second kappa shape index (κ2) is 6.60. The molecule has 2 fully saturated rings. The maximum absolute atomic E-state index is 13.9. The van der Waals surface area contributed by atoms with Crippen LogP contribution >= 0.6 is 12.4 Å². The fourth-order valence-corrected chi connectivity index (χ4v) is 3.43. The van der Waals surface area contributed by atoms with Crippen molar-refractivity contribution in [1.82, 2.24) is 9.88 Å². The van der Waals surface area contributed by atoms with Gasteiger partial charge in [-0.15, -0.1) is 12.4 Å². The third-order valence-electron chi connectivity index (χ3n) is 4.41. The van der Waals surface area contributed by atoms with Crippen LogP contribution in [-0.4, -0.2) is 35.0 Å². The monoisotopic (exact) mass is 314 g/mol. The normalized spacial score (nSPS) is 24.2. The van der Waals surface area contributed by atoms with Crippen LogP contribution in [0.5, 0.6) is 5.88 Å². The molecule has 116 valence electrons. The Morgan fingerprint density at radius 1 is 1.24 bits per heavy atom. The van der Waals surface area contributed by atoms with Gasteiger partial charge in [0.2, 0.25) is 5.88 Å². The lowest BCUT2D eigenvalue weighted by Crippen LogP contribution is -2.40. The summed E-state index contributed by atoms with van der Waals surface area (Å²) in [5.74, 6) is -0.577. The van der Waals surface area contributed by atoms with Crippen LogP contribution < -0.4 is 4.74 Å². The lowest BCUT2D eigenvalue weighted by atomic mass is 10.0. The number of aromatic nitrogens is 1. The van der Waals surface area contributed by atoms with Gasteiger partial charge in [0.1, 0.15) is 0 Å². The van der Waals surface area contributed by atoms with Crippen molar-refractivity contribution in [3.63, 3.8) is 0 Å². The molecule has 3 rings (SSSR count). The minimum atomic E-state index is -0.570. The van der Waals surface area contributed by atoms with Gasteiger partial charge in [-0.1, -0.05) is 12.8 Å². The summed E-state index contributed by atoms with van der Waals surface area (Å²) in [6, 6.07) is 3.19. The van der Waals surface area contributed by atoms with Crippen molar-refractivity contribution in [1.29, 1.82) is 0 Å². The number of hydrogen-bond donors (Lipinski definition) is 0. The zero-order valence-electron chi connectivity index (χ0n) is 12.0. The molecule has 3 heterocycles. The summed E-state index contributed by atoms with van der Waals surface area (Å²) in [6.07, 6.45) is 6.41. The van der Waals surface area contributed by atoms with Crippen LogP contribution in [0.25, 0.3) is 0 Å². The second-order valence-electron chi connectivity index (χ2n) is 5.57. The summed E-state index contributed by atoms with van der Waals surface area (Å²) in [5.41, 5.74) is -0.108. The average Bonchev–Trinajstić information content (AvgIpc) is 2.72. The van der Waals surface area contributed by atoms with Gasteiger partial charge in [-0.3, -0.25) is 4.79 Å². The van der Waals surface area contributed by atoms with Crippen LogP contribution in [0, 0.1) is 5.82 Å². The zero-order chi connectivity index (χ0) is 14.1. The maximum Gasteiger partial charge on any atom is 0.276 e. The van der Waals surface area contributed by atoms with E-state index in [1.54, 1.807) is 0 Å². The van der Waals surface area contributed by atoms with Crippen LogP contribution in [0.1, 0.15) is 49.0 Å². The first-order chi connectivity index (χ1) is 9.70. The molecule has 2 aliphatic rings. The molecule has 0 radical (unpaired) electrons. The van der Waals surface area contributed by atoms with Crippen molar-refractivity contribution in [3.8, 4) is 5.88 Å². The number of methoxy groups -OCH3 is 1. The molecule has 0 aliphatic carbocycles. The van der Waals surface area contributed by atoms with E-state index in [1.165, 1.54) is 19.2 Å². The molecule has 1 aromatic heterocycles. The van der Waals surface area contributed by atoms with Gasteiger partial charge >= 0.3 is 0 Å². The van der Waals surface area contributed by atoms with Gasteiger partial charge < -0.3 is 9.64 Å². The number of halogens is 2. The molecule has 0 N–H and O–H groups in total. The number of carbonyl (C=O) groups excluding carboxylic acids is 1. The van der Waals surface area contributed by atoms with E-state index >= 15 is 0 Å². The molecule has 2 aliphatic heterocycles. The molecule has 4 nitrogen and oxygen atoms in total. The van der Waals surface area contributed by atoms with E-state index in [0.29, 0.717) is 0 Å². The van der Waals surface area contributed by atoms with Gasteiger partial charge in [0, 0.05) is 18.2 Å². The van der Waals surface area contributed by atoms with Gasteiger partial charge in [0.05, 0.1) is 7.11 Å². The third kappa shape index (κ3) is 2.98. The fourth-order valence-electron chi connectivity index (χ4n) is 3.43. The number of rotatable bonds is 2. The quantitative estimate of drug-likeness (QED) is 0.842. The summed E-state index contributed by atoms with van der Waals surface area (Å²) in [7, 11) is 1.46. The number of hydrogen-bond acceptors (Lipinski definition) is 3. The van der Waals surface area contributed by atoms with Crippen molar-refractivity contribution in [3.05, 3.63) is 23.6 Å². The lowest BCUT2D eigenvalue weighted by molar-refractivity contribution is 0.0658. The Hall–Kier alpha value is -1.36. The zero-order valence-corrected chi connectivity index (χ0v) is 12.9. The molecular formula is C15H20ClFN2O2. The molecular weight excluding hydrogens is 295 g/mol. The largest absolute Gasteiger partial charge is 0.481 e. The van der Waals surface area contributed by atoms with Crippen molar-refractivity contribution in [2.45, 2.75) is 50.6 Å². The van der Waals surface area contributed by atoms with E-state index in [0.717, 1.165) is 38.5 Å². The predicted molar refractivity (Wildman–Crippen MR) is 79.4 cm³/mol. The highest BCUT2D eigenvalue weighted by molar-refractivity contribution is 5.93. The molecule has 21 heavy (non-hydrogen) atoms. The van der Waals surface area contributed by atoms with Gasteiger partial charge in [-0.2, -0.15) is 0 Å². The Morgan fingerprint density at radius 3 is 2.43 bits per heavy atom. The summed E-state index contributed by atoms with van der Waals surface area (Å²) < 4.78 is 18.9. The molecule has 0 spiro atoms. The van der Waals surface area contributed by atoms with E-state index in [9.17, 15) is 9.18 Å². The number of carbonyl (C=O) groups is 1. The van der Waals surface area contributed by atoms with Crippen LogP contribution in [0.3, 0.4) is 0 Å².